The first-order valence-electron chi connectivity index (χ1n) is 8.19. The summed E-state index contributed by atoms with van der Waals surface area (Å²) in [5.41, 5.74) is 4.77. The molecule has 1 heterocycles. The van der Waals surface area contributed by atoms with Gasteiger partial charge in [-0.15, -0.1) is 0 Å². The molecule has 2 nitrogen and oxygen atoms in total. The Morgan fingerprint density at radius 2 is 1.76 bits per heavy atom. The molecule has 0 bridgehead atoms. The molecule has 0 radical (unpaired) electrons. The molecule has 21 heavy (non-hydrogen) atoms. The summed E-state index contributed by atoms with van der Waals surface area (Å²) in [4.78, 5) is 0. The van der Waals surface area contributed by atoms with Crippen molar-refractivity contribution < 1.29 is 4.74 Å². The highest BCUT2D eigenvalue weighted by Crippen LogP contribution is 2.34. The highest BCUT2D eigenvalue weighted by molar-refractivity contribution is 5.30. The molecule has 0 amide bonds. The van der Waals surface area contributed by atoms with E-state index in [-0.39, 0.29) is 5.54 Å². The van der Waals surface area contributed by atoms with E-state index in [0.29, 0.717) is 5.41 Å². The van der Waals surface area contributed by atoms with Gasteiger partial charge in [-0.2, -0.15) is 0 Å². The van der Waals surface area contributed by atoms with E-state index < -0.39 is 0 Å². The second kappa shape index (κ2) is 6.50. The van der Waals surface area contributed by atoms with Gasteiger partial charge in [-0.1, -0.05) is 18.2 Å². The lowest BCUT2D eigenvalue weighted by molar-refractivity contribution is 0.0121. The molecular weight excluding hydrogens is 258 g/mol. The Kier molecular flexibility index (Phi) is 5.11. The van der Waals surface area contributed by atoms with Crippen LogP contribution in [0.25, 0.3) is 0 Å². The molecule has 0 unspecified atom stereocenters. The number of rotatable bonds is 4. The van der Waals surface area contributed by atoms with E-state index >= 15 is 0 Å². The number of aryl methyl sites for hydroxylation is 2. The van der Waals surface area contributed by atoms with Crippen LogP contribution in [0.1, 0.15) is 50.3 Å². The summed E-state index contributed by atoms with van der Waals surface area (Å²) in [6, 6.07) is 6.93. The van der Waals surface area contributed by atoms with Crippen molar-refractivity contribution in [1.29, 1.82) is 0 Å². The standard InChI is InChI=1S/C19H31NO/c1-15-6-7-17(12-16(15)2)13-19(8-10-21-11-9-19)14-20-18(3,4)5/h6-7,12,20H,8-11,13-14H2,1-5H3. The van der Waals surface area contributed by atoms with Gasteiger partial charge in [0.15, 0.2) is 0 Å². The summed E-state index contributed by atoms with van der Waals surface area (Å²) in [5, 5.41) is 3.72. The third-order valence-corrected chi connectivity index (χ3v) is 4.70. The maximum atomic E-state index is 5.61. The predicted molar refractivity (Wildman–Crippen MR) is 89.9 cm³/mol. The second-order valence-electron chi connectivity index (χ2n) is 7.81. The Morgan fingerprint density at radius 3 is 2.33 bits per heavy atom. The highest BCUT2D eigenvalue weighted by Gasteiger charge is 2.33. The van der Waals surface area contributed by atoms with Crippen LogP contribution in [-0.4, -0.2) is 25.3 Å². The van der Waals surface area contributed by atoms with Crippen molar-refractivity contribution in [2.24, 2.45) is 5.41 Å². The van der Waals surface area contributed by atoms with Crippen LogP contribution in [0.3, 0.4) is 0 Å². The fraction of sp³-hybridized carbons (Fsp3) is 0.684. The summed E-state index contributed by atoms with van der Waals surface area (Å²) >= 11 is 0. The maximum absolute atomic E-state index is 5.61. The van der Waals surface area contributed by atoms with Crippen molar-refractivity contribution in [3.63, 3.8) is 0 Å². The monoisotopic (exact) mass is 289 g/mol. The number of ether oxygens (including phenoxy) is 1. The number of nitrogens with one attached hydrogen (secondary N) is 1. The van der Waals surface area contributed by atoms with Crippen LogP contribution < -0.4 is 5.32 Å². The first-order valence-corrected chi connectivity index (χ1v) is 8.19. The number of hydrogen-bond acceptors (Lipinski definition) is 2. The zero-order valence-corrected chi connectivity index (χ0v) is 14.4. The van der Waals surface area contributed by atoms with Crippen LogP contribution in [0, 0.1) is 19.3 Å². The SMILES string of the molecule is Cc1ccc(CC2(CNC(C)(C)C)CCOCC2)cc1C. The maximum Gasteiger partial charge on any atom is 0.0471 e. The molecule has 1 aromatic rings. The Labute approximate surface area is 130 Å². The minimum Gasteiger partial charge on any atom is -0.381 e. The van der Waals surface area contributed by atoms with Crippen molar-refractivity contribution in [3.05, 3.63) is 34.9 Å². The molecule has 0 atom stereocenters. The molecule has 0 saturated carbocycles. The molecular formula is C19H31NO. The summed E-state index contributed by atoms with van der Waals surface area (Å²) in [7, 11) is 0. The summed E-state index contributed by atoms with van der Waals surface area (Å²) in [6.45, 7) is 14.0. The third kappa shape index (κ3) is 4.82. The Hall–Kier alpha value is -0.860. The molecule has 1 aliphatic rings. The first kappa shape index (κ1) is 16.5. The molecule has 0 aromatic heterocycles. The molecule has 0 aliphatic carbocycles. The first-order chi connectivity index (χ1) is 9.80. The summed E-state index contributed by atoms with van der Waals surface area (Å²) < 4.78 is 5.61. The van der Waals surface area contributed by atoms with Gasteiger partial charge in [0.05, 0.1) is 0 Å². The van der Waals surface area contributed by atoms with Crippen molar-refractivity contribution in [2.75, 3.05) is 19.8 Å². The third-order valence-electron chi connectivity index (χ3n) is 4.70. The fourth-order valence-corrected chi connectivity index (χ4v) is 3.02. The van der Waals surface area contributed by atoms with Gasteiger partial charge in [0.2, 0.25) is 0 Å². The molecule has 1 N–H and O–H groups in total. The smallest absolute Gasteiger partial charge is 0.0471 e. The molecule has 118 valence electrons. The summed E-state index contributed by atoms with van der Waals surface area (Å²) in [5.74, 6) is 0. The van der Waals surface area contributed by atoms with Crippen LogP contribution in [0.2, 0.25) is 0 Å². The van der Waals surface area contributed by atoms with Gasteiger partial charge in [0.25, 0.3) is 0 Å². The molecule has 1 aromatic carbocycles. The Morgan fingerprint density at radius 1 is 1.10 bits per heavy atom. The lowest BCUT2D eigenvalue weighted by Gasteiger charge is -2.40. The average molecular weight is 289 g/mol. The van der Waals surface area contributed by atoms with Crippen LogP contribution in [0.15, 0.2) is 18.2 Å². The van der Waals surface area contributed by atoms with Gasteiger partial charge in [-0.3, -0.25) is 0 Å². The van der Waals surface area contributed by atoms with E-state index in [1.54, 1.807) is 0 Å². The molecule has 2 heteroatoms. The fourth-order valence-electron chi connectivity index (χ4n) is 3.02. The minimum absolute atomic E-state index is 0.175. The lowest BCUT2D eigenvalue weighted by atomic mass is 9.74. The second-order valence-corrected chi connectivity index (χ2v) is 7.81. The van der Waals surface area contributed by atoms with Crippen molar-refractivity contribution >= 4 is 0 Å². The molecule has 1 saturated heterocycles. The van der Waals surface area contributed by atoms with Crippen LogP contribution >= 0.6 is 0 Å². The molecule has 0 spiro atoms. The van der Waals surface area contributed by atoms with Crippen LogP contribution in [0.4, 0.5) is 0 Å². The van der Waals surface area contributed by atoms with E-state index in [1.165, 1.54) is 16.7 Å². The van der Waals surface area contributed by atoms with Gasteiger partial charge in [0, 0.05) is 25.3 Å². The van der Waals surface area contributed by atoms with Crippen LogP contribution in [0.5, 0.6) is 0 Å². The van der Waals surface area contributed by atoms with E-state index in [0.717, 1.165) is 39.0 Å². The van der Waals surface area contributed by atoms with E-state index in [1.807, 2.05) is 0 Å². The lowest BCUT2D eigenvalue weighted by Crippen LogP contribution is -2.47. The van der Waals surface area contributed by atoms with Gasteiger partial charge < -0.3 is 10.1 Å². The van der Waals surface area contributed by atoms with Gasteiger partial charge in [0.1, 0.15) is 0 Å². The molecule has 2 rings (SSSR count). The van der Waals surface area contributed by atoms with E-state index in [9.17, 15) is 0 Å². The number of hydrogen-bond donors (Lipinski definition) is 1. The summed E-state index contributed by atoms with van der Waals surface area (Å²) in [6.07, 6.45) is 3.46. The predicted octanol–water partition coefficient (Wildman–Crippen LogP) is 4.03. The van der Waals surface area contributed by atoms with Crippen molar-refractivity contribution in [1.82, 2.24) is 5.32 Å². The normalized spacial score (nSPS) is 18.7. The van der Waals surface area contributed by atoms with Crippen molar-refractivity contribution in [2.45, 2.75) is 59.4 Å². The average Bonchev–Trinajstić information content (AvgIpc) is 2.41. The largest absolute Gasteiger partial charge is 0.381 e. The quantitative estimate of drug-likeness (QED) is 0.903. The zero-order chi connectivity index (χ0) is 15.5. The Bertz CT molecular complexity index is 467. The highest BCUT2D eigenvalue weighted by atomic mass is 16.5. The van der Waals surface area contributed by atoms with Crippen LogP contribution in [-0.2, 0) is 11.2 Å². The van der Waals surface area contributed by atoms with Gasteiger partial charge in [-0.05, 0) is 76.0 Å². The Balaban J connectivity index is 2.13. The molecule has 1 fully saturated rings. The topological polar surface area (TPSA) is 21.3 Å². The number of benzene rings is 1. The van der Waals surface area contributed by atoms with Gasteiger partial charge >= 0.3 is 0 Å². The zero-order valence-electron chi connectivity index (χ0n) is 14.4. The molecule has 1 aliphatic heterocycles. The minimum atomic E-state index is 0.175. The van der Waals surface area contributed by atoms with E-state index in [2.05, 4.69) is 58.1 Å². The van der Waals surface area contributed by atoms with E-state index in [4.69, 9.17) is 4.74 Å². The van der Waals surface area contributed by atoms with Crippen molar-refractivity contribution in [3.8, 4) is 0 Å². The van der Waals surface area contributed by atoms with Gasteiger partial charge in [-0.25, -0.2) is 0 Å².